The number of piperidine rings is 1. The second kappa shape index (κ2) is 4.79. The average molecular weight is 284 g/mol. The monoisotopic (exact) mass is 284 g/mol. The molecule has 20 heavy (non-hydrogen) atoms. The van der Waals surface area contributed by atoms with Gasteiger partial charge in [0, 0.05) is 23.9 Å². The number of rotatable bonds is 2. The third kappa shape index (κ3) is 3.19. The highest BCUT2D eigenvalue weighted by Crippen LogP contribution is 2.45. The van der Waals surface area contributed by atoms with Crippen LogP contribution in [0.3, 0.4) is 0 Å². The molecule has 0 radical (unpaired) electrons. The number of carbonyl (C=O) groups is 1. The van der Waals surface area contributed by atoms with Crippen LogP contribution in [0.5, 0.6) is 0 Å². The zero-order chi connectivity index (χ0) is 16.0. The largest absolute Gasteiger partial charge is 0.433 e. The van der Waals surface area contributed by atoms with Gasteiger partial charge >= 0.3 is 5.97 Å². The van der Waals surface area contributed by atoms with Crippen LogP contribution in [0.4, 0.5) is 0 Å². The van der Waals surface area contributed by atoms with Crippen molar-refractivity contribution in [2.24, 2.45) is 10.6 Å². The van der Waals surface area contributed by atoms with Crippen molar-refractivity contribution in [3.05, 3.63) is 4.91 Å². The summed E-state index contributed by atoms with van der Waals surface area (Å²) in [6.45, 7) is 13.5. The molecule has 1 aliphatic heterocycles. The molecule has 1 fully saturated rings. The van der Waals surface area contributed by atoms with Gasteiger partial charge in [-0.05, 0) is 60.7 Å². The Morgan fingerprint density at radius 1 is 1.10 bits per heavy atom. The Hall–Kier alpha value is -0.970. The average Bonchev–Trinajstić information content (AvgIpc) is 2.23. The topological polar surface area (TPSA) is 59.0 Å². The highest BCUT2D eigenvalue weighted by Gasteiger charge is 2.55. The first-order valence-corrected chi connectivity index (χ1v) is 7.08. The molecule has 0 aliphatic carbocycles. The summed E-state index contributed by atoms with van der Waals surface area (Å²) in [7, 11) is 2.03. The van der Waals surface area contributed by atoms with Crippen molar-refractivity contribution in [3.8, 4) is 0 Å². The number of carbonyl (C=O) groups excluding carboxylic acids is 1. The van der Waals surface area contributed by atoms with Crippen LogP contribution in [0, 0.1) is 10.3 Å². The van der Waals surface area contributed by atoms with Gasteiger partial charge in [-0.3, -0.25) is 9.69 Å². The Morgan fingerprint density at radius 2 is 1.50 bits per heavy atom. The fourth-order valence-electron chi connectivity index (χ4n) is 2.95. The molecule has 0 atom stereocenters. The molecule has 0 aromatic rings. The molecule has 0 unspecified atom stereocenters. The van der Waals surface area contributed by atoms with E-state index in [1.807, 2.05) is 34.7 Å². The predicted octanol–water partition coefficient (Wildman–Crippen LogP) is 3.32. The number of likely N-dealkylation sites (tertiary alicyclic amines) is 1. The fraction of sp³-hybridized carbons (Fsp3) is 0.933. The first-order valence-electron chi connectivity index (χ1n) is 7.08. The Morgan fingerprint density at radius 3 is 1.80 bits per heavy atom. The summed E-state index contributed by atoms with van der Waals surface area (Å²) < 4.78 is 5.57. The van der Waals surface area contributed by atoms with Crippen molar-refractivity contribution < 1.29 is 9.53 Å². The van der Waals surface area contributed by atoms with Crippen molar-refractivity contribution in [3.63, 3.8) is 0 Å². The number of esters is 1. The first kappa shape index (κ1) is 17.1. The molecule has 5 heteroatoms. The van der Waals surface area contributed by atoms with Crippen molar-refractivity contribution in [1.29, 1.82) is 0 Å². The van der Waals surface area contributed by atoms with Crippen LogP contribution in [-0.4, -0.2) is 34.7 Å². The summed E-state index contributed by atoms with van der Waals surface area (Å²) in [5, 5.41) is 3.24. The second-order valence-electron chi connectivity index (χ2n) is 8.21. The molecule has 1 saturated heterocycles. The number of nitrogens with zero attached hydrogens (tertiary/aromatic N) is 2. The van der Waals surface area contributed by atoms with Crippen LogP contribution in [0.2, 0.25) is 0 Å². The molecule has 1 aliphatic rings. The molecule has 5 nitrogen and oxygen atoms in total. The van der Waals surface area contributed by atoms with E-state index in [-0.39, 0.29) is 17.0 Å². The molecule has 116 valence electrons. The maximum atomic E-state index is 12.2. The number of hydrogen-bond donors (Lipinski definition) is 0. The van der Waals surface area contributed by atoms with E-state index in [1.165, 1.54) is 0 Å². The van der Waals surface area contributed by atoms with Gasteiger partial charge in [-0.1, -0.05) is 0 Å². The van der Waals surface area contributed by atoms with Gasteiger partial charge in [0.1, 0.15) is 0 Å². The molecule has 1 rings (SSSR count). The standard InChI is InChI=1S/C15H28N2O3/c1-12(2,3)11(18)20-15(16-19)9-13(4,5)17(8)14(6,7)10-15/h9-10H2,1-8H3. The fourth-order valence-corrected chi connectivity index (χ4v) is 2.95. The highest BCUT2D eigenvalue weighted by molar-refractivity contribution is 5.75. The van der Waals surface area contributed by atoms with E-state index in [1.54, 1.807) is 20.8 Å². The summed E-state index contributed by atoms with van der Waals surface area (Å²) in [5.41, 5.74) is -2.46. The number of ether oxygens (including phenoxy) is 1. The molecule has 0 amide bonds. The van der Waals surface area contributed by atoms with Crippen LogP contribution in [0.1, 0.15) is 61.3 Å². The Kier molecular flexibility index (Phi) is 4.09. The summed E-state index contributed by atoms with van der Waals surface area (Å²) in [6, 6.07) is 0. The van der Waals surface area contributed by atoms with Crippen molar-refractivity contribution >= 4 is 5.97 Å². The lowest BCUT2D eigenvalue weighted by Gasteiger charge is -2.55. The van der Waals surface area contributed by atoms with Gasteiger partial charge in [0.05, 0.1) is 5.41 Å². The van der Waals surface area contributed by atoms with Crippen LogP contribution in [0.15, 0.2) is 5.18 Å². The van der Waals surface area contributed by atoms with E-state index < -0.39 is 11.1 Å². The molecule has 0 spiro atoms. The zero-order valence-electron chi connectivity index (χ0n) is 14.0. The summed E-state index contributed by atoms with van der Waals surface area (Å²) >= 11 is 0. The Labute approximate surface area is 122 Å². The Balaban J connectivity index is 3.12. The van der Waals surface area contributed by atoms with E-state index in [9.17, 15) is 9.70 Å². The van der Waals surface area contributed by atoms with Gasteiger partial charge < -0.3 is 4.74 Å². The number of hydrogen-bond acceptors (Lipinski definition) is 5. The normalized spacial score (nSPS) is 25.0. The van der Waals surface area contributed by atoms with Crippen LogP contribution < -0.4 is 0 Å². The minimum atomic E-state index is -1.27. The maximum absolute atomic E-state index is 12.2. The van der Waals surface area contributed by atoms with Gasteiger partial charge in [-0.2, -0.15) is 0 Å². The highest BCUT2D eigenvalue weighted by atomic mass is 16.6. The van der Waals surface area contributed by atoms with Crippen LogP contribution in [-0.2, 0) is 9.53 Å². The van der Waals surface area contributed by atoms with Gasteiger partial charge in [-0.25, -0.2) is 0 Å². The predicted molar refractivity (Wildman–Crippen MR) is 79.2 cm³/mol. The minimum absolute atomic E-state index is 0.270. The van der Waals surface area contributed by atoms with E-state index in [4.69, 9.17) is 4.74 Å². The molecule has 1 heterocycles. The zero-order valence-corrected chi connectivity index (χ0v) is 14.0. The molecule has 0 aromatic carbocycles. The molecule has 0 N–H and O–H groups in total. The van der Waals surface area contributed by atoms with Gasteiger partial charge in [0.15, 0.2) is 0 Å². The molecular weight excluding hydrogens is 256 g/mol. The van der Waals surface area contributed by atoms with E-state index >= 15 is 0 Å². The van der Waals surface area contributed by atoms with Gasteiger partial charge in [-0.15, -0.1) is 4.91 Å². The van der Waals surface area contributed by atoms with Gasteiger partial charge in [0.25, 0.3) is 0 Å². The van der Waals surface area contributed by atoms with E-state index in [0.29, 0.717) is 12.8 Å². The lowest BCUT2D eigenvalue weighted by Crippen LogP contribution is -2.64. The second-order valence-corrected chi connectivity index (χ2v) is 8.21. The summed E-state index contributed by atoms with van der Waals surface area (Å²) in [6.07, 6.45) is 0.816. The smallest absolute Gasteiger partial charge is 0.313 e. The summed E-state index contributed by atoms with van der Waals surface area (Å²) in [4.78, 5) is 25.9. The van der Waals surface area contributed by atoms with Crippen molar-refractivity contribution in [1.82, 2.24) is 4.90 Å². The SMILES string of the molecule is CN1C(C)(C)CC(N=O)(OC(=O)C(C)(C)C)CC1(C)C. The lowest BCUT2D eigenvalue weighted by atomic mass is 9.75. The lowest BCUT2D eigenvalue weighted by molar-refractivity contribution is -0.189. The maximum Gasteiger partial charge on any atom is 0.313 e. The first-order chi connectivity index (χ1) is 8.76. The molecular formula is C15H28N2O3. The third-order valence-corrected chi connectivity index (χ3v) is 4.30. The number of nitroso groups, excluding NO2 is 1. The molecule has 0 aromatic heterocycles. The van der Waals surface area contributed by atoms with Crippen LogP contribution in [0.25, 0.3) is 0 Å². The van der Waals surface area contributed by atoms with Gasteiger partial charge in [0.2, 0.25) is 5.72 Å². The van der Waals surface area contributed by atoms with Crippen LogP contribution >= 0.6 is 0 Å². The molecule has 0 bridgehead atoms. The van der Waals surface area contributed by atoms with Crippen molar-refractivity contribution in [2.45, 2.75) is 78.1 Å². The Bertz CT molecular complexity index is 390. The van der Waals surface area contributed by atoms with E-state index in [0.717, 1.165) is 0 Å². The van der Waals surface area contributed by atoms with Crippen molar-refractivity contribution in [2.75, 3.05) is 7.05 Å². The summed E-state index contributed by atoms with van der Waals surface area (Å²) in [5.74, 6) is -0.381. The van der Waals surface area contributed by atoms with E-state index in [2.05, 4.69) is 10.1 Å². The molecule has 0 saturated carbocycles. The third-order valence-electron chi connectivity index (χ3n) is 4.30. The minimum Gasteiger partial charge on any atom is -0.433 e. The quantitative estimate of drug-likeness (QED) is 0.576.